The third kappa shape index (κ3) is 2.86. The van der Waals surface area contributed by atoms with Crippen molar-refractivity contribution in [3.05, 3.63) is 47.9 Å². The van der Waals surface area contributed by atoms with Gasteiger partial charge in [0.05, 0.1) is 11.2 Å². The van der Waals surface area contributed by atoms with E-state index in [1.807, 2.05) is 29.2 Å². The summed E-state index contributed by atoms with van der Waals surface area (Å²) in [5, 5.41) is 1.04. The second-order valence-electron chi connectivity index (χ2n) is 6.18. The van der Waals surface area contributed by atoms with Crippen molar-refractivity contribution in [2.24, 2.45) is 0 Å². The van der Waals surface area contributed by atoms with Gasteiger partial charge in [-0.3, -0.25) is 0 Å². The van der Waals surface area contributed by atoms with Crippen molar-refractivity contribution in [3.63, 3.8) is 0 Å². The van der Waals surface area contributed by atoms with Crippen molar-refractivity contribution < 1.29 is 4.39 Å². The van der Waals surface area contributed by atoms with Crippen LogP contribution in [0.2, 0.25) is 0 Å². The Labute approximate surface area is 145 Å². The van der Waals surface area contributed by atoms with Gasteiger partial charge in [-0.05, 0) is 26.0 Å². The fourth-order valence-corrected chi connectivity index (χ4v) is 3.26. The molecule has 0 N–H and O–H groups in total. The number of piperazine rings is 1. The molecule has 1 aliphatic rings. The van der Waals surface area contributed by atoms with E-state index in [4.69, 9.17) is 0 Å². The molecule has 0 bridgehead atoms. The lowest BCUT2D eigenvalue weighted by Crippen LogP contribution is -2.47. The van der Waals surface area contributed by atoms with Gasteiger partial charge >= 0.3 is 0 Å². The molecule has 0 radical (unpaired) electrons. The highest BCUT2D eigenvalue weighted by Crippen LogP contribution is 2.25. The smallest absolute Gasteiger partial charge is 0.186 e. The fourth-order valence-electron chi connectivity index (χ4n) is 3.26. The van der Waals surface area contributed by atoms with E-state index in [2.05, 4.69) is 24.8 Å². The highest BCUT2D eigenvalue weighted by atomic mass is 19.1. The van der Waals surface area contributed by atoms with Crippen LogP contribution in [0.25, 0.3) is 10.9 Å². The van der Waals surface area contributed by atoms with E-state index in [0.29, 0.717) is 30.4 Å². The molecule has 0 unspecified atom stereocenters. The van der Waals surface area contributed by atoms with Crippen molar-refractivity contribution in [3.8, 4) is 0 Å². The number of halogens is 1. The first-order valence-electron chi connectivity index (χ1n) is 8.34. The third-order valence-corrected chi connectivity index (χ3v) is 4.51. The first kappa shape index (κ1) is 15.7. The Kier molecular flexibility index (Phi) is 3.91. The molecule has 3 aromatic rings. The van der Waals surface area contributed by atoms with Crippen LogP contribution in [0.3, 0.4) is 0 Å². The van der Waals surface area contributed by atoms with E-state index in [1.165, 1.54) is 0 Å². The molecule has 128 valence electrons. The van der Waals surface area contributed by atoms with Gasteiger partial charge in [-0.2, -0.15) is 0 Å². The predicted octanol–water partition coefficient (Wildman–Crippen LogP) is 2.50. The average molecular weight is 338 g/mol. The van der Waals surface area contributed by atoms with E-state index in [0.717, 1.165) is 29.8 Å². The molecule has 7 heteroatoms. The molecule has 0 spiro atoms. The van der Waals surface area contributed by atoms with Gasteiger partial charge in [-0.1, -0.05) is 12.1 Å². The lowest BCUT2D eigenvalue weighted by molar-refractivity contribution is 0.571. The Morgan fingerprint density at radius 1 is 0.880 bits per heavy atom. The topological polar surface area (TPSA) is 58.0 Å². The summed E-state index contributed by atoms with van der Waals surface area (Å²) in [7, 11) is 0. The third-order valence-electron chi connectivity index (χ3n) is 4.51. The van der Waals surface area contributed by atoms with Gasteiger partial charge in [-0.25, -0.2) is 24.3 Å². The van der Waals surface area contributed by atoms with Crippen LogP contribution in [0.5, 0.6) is 0 Å². The van der Waals surface area contributed by atoms with Crippen molar-refractivity contribution >= 4 is 22.5 Å². The van der Waals surface area contributed by atoms with Crippen LogP contribution in [-0.2, 0) is 0 Å². The highest BCUT2D eigenvalue weighted by Gasteiger charge is 2.24. The first-order valence-corrected chi connectivity index (χ1v) is 8.34. The van der Waals surface area contributed by atoms with E-state index >= 15 is 0 Å². The number of nitrogens with zero attached hydrogens (tertiary/aromatic N) is 6. The molecule has 1 saturated heterocycles. The van der Waals surface area contributed by atoms with Crippen LogP contribution in [0, 0.1) is 19.7 Å². The van der Waals surface area contributed by atoms with Crippen LogP contribution in [0.15, 0.2) is 30.6 Å². The second-order valence-corrected chi connectivity index (χ2v) is 6.18. The van der Waals surface area contributed by atoms with E-state index in [9.17, 15) is 4.39 Å². The number of para-hydroxylation sites is 1. The van der Waals surface area contributed by atoms with Crippen molar-refractivity contribution in [1.29, 1.82) is 0 Å². The average Bonchev–Trinajstić information content (AvgIpc) is 2.64. The molecular weight excluding hydrogens is 319 g/mol. The Bertz CT molecular complexity index is 915. The van der Waals surface area contributed by atoms with Gasteiger partial charge in [0.15, 0.2) is 11.6 Å². The largest absolute Gasteiger partial charge is 0.352 e. The fraction of sp³-hybridized carbons (Fsp3) is 0.333. The molecule has 0 atom stereocenters. The summed E-state index contributed by atoms with van der Waals surface area (Å²) in [6, 6.07) is 7.99. The molecule has 3 heterocycles. The number of fused-ring (bicyclic) bond motifs is 1. The maximum Gasteiger partial charge on any atom is 0.186 e. The van der Waals surface area contributed by atoms with Crippen LogP contribution < -0.4 is 9.80 Å². The summed E-state index contributed by atoms with van der Waals surface area (Å²) in [4.78, 5) is 21.4. The Balaban J connectivity index is 1.58. The maximum atomic E-state index is 14.4. The Morgan fingerprint density at radius 3 is 2.32 bits per heavy atom. The van der Waals surface area contributed by atoms with Gasteiger partial charge < -0.3 is 9.80 Å². The summed E-state index contributed by atoms with van der Waals surface area (Å²) in [6.07, 6.45) is 1.60. The van der Waals surface area contributed by atoms with Crippen LogP contribution in [-0.4, -0.2) is 46.1 Å². The summed E-state index contributed by atoms with van der Waals surface area (Å²) in [6.45, 7) is 6.34. The molecule has 4 rings (SSSR count). The second kappa shape index (κ2) is 6.23. The number of aryl methyl sites for hydroxylation is 2. The summed E-state index contributed by atoms with van der Waals surface area (Å²) < 4.78 is 14.4. The van der Waals surface area contributed by atoms with Gasteiger partial charge in [0.1, 0.15) is 18.0 Å². The number of hydrogen-bond donors (Lipinski definition) is 0. The van der Waals surface area contributed by atoms with Gasteiger partial charge in [0.25, 0.3) is 0 Å². The molecule has 0 saturated carbocycles. The lowest BCUT2D eigenvalue weighted by atomic mass is 10.2. The van der Waals surface area contributed by atoms with Crippen molar-refractivity contribution in [1.82, 2.24) is 19.9 Å². The van der Waals surface area contributed by atoms with Gasteiger partial charge in [0.2, 0.25) is 0 Å². The summed E-state index contributed by atoms with van der Waals surface area (Å²) >= 11 is 0. The molecule has 6 nitrogen and oxygen atoms in total. The minimum Gasteiger partial charge on any atom is -0.352 e. The van der Waals surface area contributed by atoms with Crippen molar-refractivity contribution in [2.75, 3.05) is 36.0 Å². The SMILES string of the molecule is Cc1nc(C)c(F)c(N2CCN(c3ncnc4ccccc34)CC2)n1. The number of benzene rings is 1. The quantitative estimate of drug-likeness (QED) is 0.716. The molecule has 2 aromatic heterocycles. The lowest BCUT2D eigenvalue weighted by Gasteiger charge is -2.36. The monoisotopic (exact) mass is 338 g/mol. The minimum atomic E-state index is -0.327. The molecular formula is C18H19FN6. The number of rotatable bonds is 2. The molecule has 0 amide bonds. The van der Waals surface area contributed by atoms with Gasteiger partial charge in [0, 0.05) is 31.6 Å². The van der Waals surface area contributed by atoms with Crippen LogP contribution in [0.4, 0.5) is 16.0 Å². The highest BCUT2D eigenvalue weighted by molar-refractivity contribution is 5.89. The Hall–Kier alpha value is -2.83. The Morgan fingerprint density at radius 2 is 1.56 bits per heavy atom. The summed E-state index contributed by atoms with van der Waals surface area (Å²) in [5.74, 6) is 1.60. The number of hydrogen-bond acceptors (Lipinski definition) is 6. The molecule has 1 fully saturated rings. The van der Waals surface area contributed by atoms with Crippen LogP contribution in [0.1, 0.15) is 11.5 Å². The van der Waals surface area contributed by atoms with Crippen molar-refractivity contribution in [2.45, 2.75) is 13.8 Å². The number of aromatic nitrogens is 4. The van der Waals surface area contributed by atoms with E-state index < -0.39 is 0 Å². The van der Waals surface area contributed by atoms with Crippen LogP contribution >= 0.6 is 0 Å². The normalized spacial score (nSPS) is 15.0. The molecule has 25 heavy (non-hydrogen) atoms. The zero-order valence-electron chi connectivity index (χ0n) is 14.3. The van der Waals surface area contributed by atoms with E-state index in [-0.39, 0.29) is 5.82 Å². The predicted molar refractivity (Wildman–Crippen MR) is 95.4 cm³/mol. The maximum absolute atomic E-state index is 14.4. The minimum absolute atomic E-state index is 0.327. The zero-order valence-corrected chi connectivity index (χ0v) is 14.3. The summed E-state index contributed by atoms with van der Waals surface area (Å²) in [5.41, 5.74) is 1.33. The molecule has 1 aliphatic heterocycles. The standard InChI is InChI=1S/C18H19FN6/c1-12-16(19)18(23-13(2)22-12)25-9-7-24(8-10-25)17-14-5-3-4-6-15(14)20-11-21-17/h3-6,11H,7-10H2,1-2H3. The van der Waals surface area contributed by atoms with E-state index in [1.54, 1.807) is 20.2 Å². The molecule has 0 aliphatic carbocycles. The molecule has 1 aromatic carbocycles. The zero-order chi connectivity index (χ0) is 17.4. The number of anilines is 2. The first-order chi connectivity index (χ1) is 12.1. The van der Waals surface area contributed by atoms with Gasteiger partial charge in [-0.15, -0.1) is 0 Å².